The number of fused-ring (bicyclic) bond motifs is 3. The summed E-state index contributed by atoms with van der Waals surface area (Å²) >= 11 is 0. The first-order chi connectivity index (χ1) is 12.9. The molecule has 1 fully saturated rings. The largest absolute Gasteiger partial charge is 0.354 e. The molecule has 0 aromatic carbocycles. The van der Waals surface area contributed by atoms with Crippen molar-refractivity contribution >= 4 is 21.6 Å². The van der Waals surface area contributed by atoms with Crippen molar-refractivity contribution in [2.45, 2.75) is 55.4 Å². The lowest BCUT2D eigenvalue weighted by molar-refractivity contribution is 0.260. The van der Waals surface area contributed by atoms with E-state index in [2.05, 4.69) is 19.9 Å². The number of nitrogens with two attached hydrogens (primary N) is 1. The number of anilines is 1. The first-order valence-corrected chi connectivity index (χ1v) is 10.6. The molecule has 0 aliphatic heterocycles. The zero-order valence-corrected chi connectivity index (χ0v) is 15.4. The highest BCUT2D eigenvalue weighted by Gasteiger charge is 2.51. The van der Waals surface area contributed by atoms with Crippen LogP contribution in [0.15, 0.2) is 15.6 Å². The second kappa shape index (κ2) is 5.59. The standard InChI is InChI=1S/C17H19FN6O2S/c18-11-8-20-23-15(11)27(19,26)24-16(25)22-13-9-2-1-3-12(9)21-14-10(13)4-5-17(14)6-7-17/h8H,1-7H2,(H,20,23)(H3,19,21,22,24,25,26). The van der Waals surface area contributed by atoms with E-state index >= 15 is 0 Å². The number of H-pyrrole nitrogens is 1. The summed E-state index contributed by atoms with van der Waals surface area (Å²) in [5.74, 6) is -0.889. The van der Waals surface area contributed by atoms with Gasteiger partial charge in [-0.2, -0.15) is 5.10 Å². The van der Waals surface area contributed by atoms with Gasteiger partial charge in [0.05, 0.1) is 17.6 Å². The molecule has 2 aromatic heterocycles. The summed E-state index contributed by atoms with van der Waals surface area (Å²) < 4.78 is 29.6. The van der Waals surface area contributed by atoms with Gasteiger partial charge in [0.15, 0.2) is 15.7 Å². The van der Waals surface area contributed by atoms with E-state index in [4.69, 9.17) is 10.1 Å². The fraction of sp³-hybridized carbons (Fsp3) is 0.471. The van der Waals surface area contributed by atoms with Crippen molar-refractivity contribution < 1.29 is 13.4 Å². The monoisotopic (exact) mass is 390 g/mol. The smallest absolute Gasteiger partial charge is 0.305 e. The predicted octanol–water partition coefficient (Wildman–Crippen LogP) is 2.34. The van der Waals surface area contributed by atoms with Crippen LogP contribution in [0.5, 0.6) is 0 Å². The van der Waals surface area contributed by atoms with E-state index in [0.717, 1.165) is 79.3 Å². The Bertz CT molecular complexity index is 1100. The number of carbonyl (C=O) groups excluding carboxylic acids is 1. The third-order valence-electron chi connectivity index (χ3n) is 5.82. The van der Waals surface area contributed by atoms with E-state index in [1.165, 1.54) is 0 Å². The molecule has 3 aliphatic carbocycles. The summed E-state index contributed by atoms with van der Waals surface area (Å²) in [5, 5.41) is 13.5. The van der Waals surface area contributed by atoms with Gasteiger partial charge in [-0.25, -0.2) is 18.5 Å². The lowest BCUT2D eigenvalue weighted by Crippen LogP contribution is -2.20. The van der Waals surface area contributed by atoms with E-state index in [0.29, 0.717) is 0 Å². The molecule has 5 rings (SSSR count). The van der Waals surface area contributed by atoms with E-state index in [1.54, 1.807) is 0 Å². The van der Waals surface area contributed by atoms with Crippen LogP contribution in [0.1, 0.15) is 48.2 Å². The van der Waals surface area contributed by atoms with Gasteiger partial charge >= 0.3 is 6.03 Å². The first kappa shape index (κ1) is 16.8. The number of aromatic amines is 1. The minimum atomic E-state index is -3.78. The molecule has 142 valence electrons. The molecule has 1 unspecified atom stereocenters. The number of carbonyl (C=O) groups is 1. The number of pyridine rings is 1. The first-order valence-electron chi connectivity index (χ1n) is 9.00. The second-order valence-corrected chi connectivity index (χ2v) is 9.21. The molecule has 0 saturated heterocycles. The summed E-state index contributed by atoms with van der Waals surface area (Å²) in [6.07, 6.45) is 7.81. The van der Waals surface area contributed by atoms with Crippen LogP contribution in [-0.4, -0.2) is 25.4 Å². The molecule has 2 heterocycles. The van der Waals surface area contributed by atoms with Crippen molar-refractivity contribution in [2.24, 2.45) is 9.50 Å². The van der Waals surface area contributed by atoms with Crippen LogP contribution < -0.4 is 10.5 Å². The quantitative estimate of drug-likeness (QED) is 0.727. The molecule has 2 amide bonds. The Kier molecular flexibility index (Phi) is 3.48. The highest BCUT2D eigenvalue weighted by molar-refractivity contribution is 7.91. The fourth-order valence-electron chi connectivity index (χ4n) is 4.34. The number of rotatable bonds is 2. The molecule has 1 saturated carbocycles. The maximum Gasteiger partial charge on any atom is 0.354 e. The van der Waals surface area contributed by atoms with Crippen molar-refractivity contribution in [2.75, 3.05) is 5.32 Å². The summed E-state index contributed by atoms with van der Waals surface area (Å²) in [7, 11) is -3.78. The molecule has 10 heteroatoms. The molecule has 3 aliphatic rings. The zero-order valence-electron chi connectivity index (χ0n) is 14.5. The minimum absolute atomic E-state index is 0.184. The zero-order chi connectivity index (χ0) is 18.8. The van der Waals surface area contributed by atoms with Crippen molar-refractivity contribution in [3.05, 3.63) is 34.5 Å². The predicted molar refractivity (Wildman–Crippen MR) is 96.1 cm³/mol. The van der Waals surface area contributed by atoms with Gasteiger partial charge in [-0.15, -0.1) is 4.36 Å². The SMILES string of the molecule is NS(=O)(=NC(=O)Nc1c2c(nc3c1CCC31CC1)CCC2)c1n[nH]cc1F. The highest BCUT2D eigenvalue weighted by atomic mass is 32.2. The van der Waals surface area contributed by atoms with Gasteiger partial charge in [0, 0.05) is 11.1 Å². The van der Waals surface area contributed by atoms with Crippen LogP contribution in [0, 0.1) is 5.82 Å². The Hall–Kier alpha value is -2.33. The molecule has 1 spiro atoms. The third kappa shape index (κ3) is 2.58. The lowest BCUT2D eigenvalue weighted by atomic mass is 10.0. The van der Waals surface area contributed by atoms with Gasteiger partial charge in [0.2, 0.25) is 5.03 Å². The third-order valence-corrected chi connectivity index (χ3v) is 7.10. The van der Waals surface area contributed by atoms with Gasteiger partial charge in [0.1, 0.15) is 0 Å². The average molecular weight is 390 g/mol. The van der Waals surface area contributed by atoms with Gasteiger partial charge < -0.3 is 5.32 Å². The van der Waals surface area contributed by atoms with Crippen LogP contribution in [-0.2, 0) is 34.6 Å². The van der Waals surface area contributed by atoms with Crippen molar-refractivity contribution in [3.63, 3.8) is 0 Å². The fourth-order valence-corrected chi connectivity index (χ4v) is 5.24. The van der Waals surface area contributed by atoms with Crippen LogP contribution in [0.4, 0.5) is 14.9 Å². The average Bonchev–Trinajstić information content (AvgIpc) is 2.95. The maximum absolute atomic E-state index is 13.6. The number of hydrogen-bond acceptors (Lipinski definition) is 4. The maximum atomic E-state index is 13.6. The number of aryl methyl sites for hydroxylation is 1. The number of halogens is 1. The van der Waals surface area contributed by atoms with E-state index < -0.39 is 26.8 Å². The van der Waals surface area contributed by atoms with Crippen LogP contribution >= 0.6 is 0 Å². The molecule has 0 radical (unpaired) electrons. The number of aromatic nitrogens is 3. The Labute approximate surface area is 155 Å². The number of nitrogens with zero attached hydrogens (tertiary/aromatic N) is 3. The number of amides is 2. The van der Waals surface area contributed by atoms with Crippen molar-refractivity contribution in [1.82, 2.24) is 15.2 Å². The Morgan fingerprint density at radius 1 is 1.30 bits per heavy atom. The molecular weight excluding hydrogens is 371 g/mol. The Morgan fingerprint density at radius 2 is 2.11 bits per heavy atom. The van der Waals surface area contributed by atoms with E-state index in [1.807, 2.05) is 0 Å². The van der Waals surface area contributed by atoms with Gasteiger partial charge in [-0.05, 0) is 56.1 Å². The molecule has 27 heavy (non-hydrogen) atoms. The summed E-state index contributed by atoms with van der Waals surface area (Å²) in [5.41, 5.74) is 5.15. The van der Waals surface area contributed by atoms with Gasteiger partial charge in [-0.3, -0.25) is 10.1 Å². The van der Waals surface area contributed by atoms with Crippen molar-refractivity contribution in [1.29, 1.82) is 0 Å². The van der Waals surface area contributed by atoms with Gasteiger partial charge in [-0.1, -0.05) is 0 Å². The molecule has 2 aromatic rings. The summed E-state index contributed by atoms with van der Waals surface area (Å²) in [6, 6.07) is -0.857. The number of hydrogen-bond donors (Lipinski definition) is 3. The van der Waals surface area contributed by atoms with Crippen LogP contribution in [0.25, 0.3) is 0 Å². The summed E-state index contributed by atoms with van der Waals surface area (Å²) in [6.45, 7) is 0. The minimum Gasteiger partial charge on any atom is -0.305 e. The van der Waals surface area contributed by atoms with Gasteiger partial charge in [0.25, 0.3) is 0 Å². The Morgan fingerprint density at radius 3 is 2.81 bits per heavy atom. The number of nitrogens with one attached hydrogen (secondary N) is 2. The van der Waals surface area contributed by atoms with Crippen molar-refractivity contribution in [3.8, 4) is 0 Å². The van der Waals surface area contributed by atoms with Crippen LogP contribution in [0.3, 0.4) is 0 Å². The topological polar surface area (TPSA) is 126 Å². The Balaban J connectivity index is 1.54. The number of urea groups is 1. The molecule has 8 nitrogen and oxygen atoms in total. The highest BCUT2D eigenvalue weighted by Crippen LogP contribution is 2.58. The van der Waals surface area contributed by atoms with Crippen LogP contribution in [0.2, 0.25) is 0 Å². The van der Waals surface area contributed by atoms with E-state index in [-0.39, 0.29) is 5.41 Å². The molecule has 4 N–H and O–H groups in total. The normalized spacial score (nSPS) is 20.8. The van der Waals surface area contributed by atoms with E-state index in [9.17, 15) is 13.4 Å². The molecular formula is C17H19FN6O2S. The summed E-state index contributed by atoms with van der Waals surface area (Å²) in [4.78, 5) is 17.4. The molecule has 1 atom stereocenters. The second-order valence-electron chi connectivity index (χ2n) is 7.50. The molecule has 0 bridgehead atoms. The lowest BCUT2D eigenvalue weighted by Gasteiger charge is -2.16.